The van der Waals surface area contributed by atoms with Crippen molar-refractivity contribution in [2.24, 2.45) is 0 Å². The van der Waals surface area contributed by atoms with Crippen LogP contribution in [0.3, 0.4) is 0 Å². The molecule has 25 heavy (non-hydrogen) atoms. The number of hydrogen-bond donors (Lipinski definition) is 5. The maximum Gasteiger partial charge on any atom is 0.343 e. The monoisotopic (exact) mass is 346 g/mol. The zero-order valence-corrected chi connectivity index (χ0v) is 12.9. The van der Waals surface area contributed by atoms with Crippen molar-refractivity contribution in [2.45, 2.75) is 24.0 Å². The zero-order valence-electron chi connectivity index (χ0n) is 12.9. The summed E-state index contributed by atoms with van der Waals surface area (Å²) in [6.07, 6.45) is -3.66. The summed E-state index contributed by atoms with van der Waals surface area (Å²) in [5, 5.41) is 50.0. The van der Waals surface area contributed by atoms with Gasteiger partial charge >= 0.3 is 5.88 Å². The molecule has 1 saturated heterocycles. The van der Waals surface area contributed by atoms with E-state index in [9.17, 15) is 25.2 Å². The molecule has 0 spiro atoms. The average molecular weight is 346 g/mol. The summed E-state index contributed by atoms with van der Waals surface area (Å²) in [4.78, 5) is 15.0. The Hall–Kier alpha value is -2.77. The quantitative estimate of drug-likeness (QED) is 0.342. The number of hydrogen-bond acceptors (Lipinski definition) is 7. The molecule has 5 N–H and O–H groups in total. The topological polar surface area (TPSA) is 151 Å². The number of benzene rings is 1. The number of aliphatic hydroxyl groups excluding tert-OH is 2. The van der Waals surface area contributed by atoms with Crippen LogP contribution in [0, 0.1) is 11.3 Å². The van der Waals surface area contributed by atoms with Crippen LogP contribution in [-0.4, -0.2) is 55.6 Å². The van der Waals surface area contributed by atoms with Gasteiger partial charge < -0.3 is 25.2 Å². The number of rotatable bonds is 4. The molecule has 1 aromatic heterocycles. The first kappa shape index (κ1) is 17.1. The highest BCUT2D eigenvalue weighted by Crippen LogP contribution is 2.32. The Balaban J connectivity index is 1.86. The number of aliphatic hydroxyl groups is 3. The van der Waals surface area contributed by atoms with Gasteiger partial charge in [0.1, 0.15) is 6.10 Å². The molecule has 0 radical (unpaired) electrons. The molecular weight excluding hydrogens is 330 g/mol. The van der Waals surface area contributed by atoms with Crippen LogP contribution in [0.25, 0.3) is 0 Å². The van der Waals surface area contributed by atoms with E-state index in [4.69, 9.17) is 10.00 Å². The number of carbonyl (C=O) groups is 1. The van der Waals surface area contributed by atoms with Crippen molar-refractivity contribution in [1.29, 1.82) is 5.26 Å². The van der Waals surface area contributed by atoms with Crippen LogP contribution in [0.5, 0.6) is 5.88 Å². The third-order valence-corrected chi connectivity index (χ3v) is 4.23. The van der Waals surface area contributed by atoms with Gasteiger partial charge in [0.05, 0.1) is 6.61 Å². The van der Waals surface area contributed by atoms with Gasteiger partial charge in [-0.1, -0.05) is 30.3 Å². The van der Waals surface area contributed by atoms with Crippen molar-refractivity contribution >= 4 is 5.78 Å². The molecule has 1 aliphatic heterocycles. The Labute approximate surface area is 142 Å². The highest BCUT2D eigenvalue weighted by Gasteiger charge is 2.57. The molecule has 1 unspecified atom stereocenters. The number of imidazole rings is 1. The highest BCUT2D eigenvalue weighted by molar-refractivity contribution is 6.03. The van der Waals surface area contributed by atoms with Crippen molar-refractivity contribution in [3.8, 4) is 11.9 Å². The Morgan fingerprint density at radius 1 is 1.44 bits per heavy atom. The lowest BCUT2D eigenvalue weighted by Crippen LogP contribution is -2.55. The van der Waals surface area contributed by atoms with Gasteiger partial charge in [0, 0.05) is 5.56 Å². The van der Waals surface area contributed by atoms with Crippen molar-refractivity contribution in [1.82, 2.24) is 4.98 Å². The van der Waals surface area contributed by atoms with E-state index in [2.05, 4.69) is 4.98 Å². The second kappa shape index (κ2) is 6.27. The molecule has 4 atom stereocenters. The Morgan fingerprint density at radius 2 is 2.12 bits per heavy atom. The zero-order chi connectivity index (χ0) is 18.2. The number of Topliss-reactive ketones (excluding diaryl/α,β-unsaturated/α-hetero) is 1. The summed E-state index contributed by atoms with van der Waals surface area (Å²) in [6.45, 7) is -0.527. The number of aromatic amines is 1. The van der Waals surface area contributed by atoms with Crippen LogP contribution in [0.15, 0.2) is 36.7 Å². The lowest BCUT2D eigenvalue weighted by Gasteiger charge is -2.25. The number of aromatic nitrogens is 2. The van der Waals surface area contributed by atoms with Crippen LogP contribution < -0.4 is 4.57 Å². The van der Waals surface area contributed by atoms with E-state index in [1.165, 1.54) is 12.1 Å². The molecule has 1 aromatic carbocycles. The van der Waals surface area contributed by atoms with Crippen molar-refractivity contribution in [3.63, 3.8) is 0 Å². The number of nitrogens with zero attached hydrogens (tertiary/aromatic N) is 2. The van der Waals surface area contributed by atoms with Crippen molar-refractivity contribution < 1.29 is 34.5 Å². The SMILES string of the molecule is N#Cc1[nH]c[n+](C(O)[C@H]2OC[C@@](O)(C(=O)c3ccccc3)[C@@H]2O)c1O. The maximum absolute atomic E-state index is 12.5. The molecule has 9 nitrogen and oxygen atoms in total. The molecule has 9 heteroatoms. The normalized spacial score (nSPS) is 27.0. The third-order valence-electron chi connectivity index (χ3n) is 4.23. The molecule has 1 aliphatic rings. The summed E-state index contributed by atoms with van der Waals surface area (Å²) < 4.78 is 6.10. The summed E-state index contributed by atoms with van der Waals surface area (Å²) in [6, 6.07) is 9.59. The minimum absolute atomic E-state index is 0.187. The van der Waals surface area contributed by atoms with Gasteiger partial charge in [-0.05, 0) is 0 Å². The Bertz CT molecular complexity index is 830. The molecular formula is C16H16N3O6+. The van der Waals surface area contributed by atoms with Crippen molar-refractivity contribution in [3.05, 3.63) is 47.9 Å². The molecule has 1 fully saturated rings. The molecule has 3 rings (SSSR count). The first-order valence-electron chi connectivity index (χ1n) is 7.41. The second-order valence-electron chi connectivity index (χ2n) is 5.74. The van der Waals surface area contributed by atoms with Gasteiger partial charge in [0.15, 0.2) is 23.6 Å². The number of nitriles is 1. The summed E-state index contributed by atoms with van der Waals surface area (Å²) in [5.41, 5.74) is -2.24. The van der Waals surface area contributed by atoms with E-state index >= 15 is 0 Å². The fraction of sp³-hybridized carbons (Fsp3) is 0.312. The Morgan fingerprint density at radius 3 is 2.72 bits per heavy atom. The van der Waals surface area contributed by atoms with E-state index in [-0.39, 0.29) is 11.3 Å². The highest BCUT2D eigenvalue weighted by atomic mass is 16.6. The largest absolute Gasteiger partial charge is 0.474 e. The standard InChI is InChI=1S/C16H15N3O6/c17-6-10-14(22)19(8-18-10)15(23)11-13(21)16(24,7-25-11)12(20)9-4-2-1-3-5-9/h1-5,8,11,13,15,21-24H,7H2/p+1/t11-,13+,15?,16+/m0/s1. The summed E-state index contributed by atoms with van der Waals surface area (Å²) >= 11 is 0. The smallest absolute Gasteiger partial charge is 0.343 e. The van der Waals surface area contributed by atoms with Gasteiger partial charge in [0.25, 0.3) is 5.69 Å². The fourth-order valence-electron chi connectivity index (χ4n) is 2.79. The molecule has 0 bridgehead atoms. The van der Waals surface area contributed by atoms with Gasteiger partial charge in [0.2, 0.25) is 12.6 Å². The minimum Gasteiger partial charge on any atom is -0.474 e. The van der Waals surface area contributed by atoms with Gasteiger partial charge in [-0.25, -0.2) is 4.98 Å². The van der Waals surface area contributed by atoms with Gasteiger partial charge in [-0.3, -0.25) is 4.79 Å². The predicted octanol–water partition coefficient (Wildman–Crippen LogP) is -1.26. The van der Waals surface area contributed by atoms with Gasteiger partial charge in [-0.2, -0.15) is 9.83 Å². The van der Waals surface area contributed by atoms with Crippen LogP contribution in [0.2, 0.25) is 0 Å². The molecule has 0 aliphatic carbocycles. The summed E-state index contributed by atoms with van der Waals surface area (Å²) in [7, 11) is 0. The van der Waals surface area contributed by atoms with Crippen molar-refractivity contribution in [2.75, 3.05) is 6.61 Å². The lowest BCUT2D eigenvalue weighted by atomic mass is 9.87. The van der Waals surface area contributed by atoms with Crippen LogP contribution >= 0.6 is 0 Å². The molecule has 0 saturated carbocycles. The third kappa shape index (κ3) is 2.67. The first-order valence-corrected chi connectivity index (χ1v) is 7.41. The van der Waals surface area contributed by atoms with E-state index in [0.29, 0.717) is 0 Å². The average Bonchev–Trinajstić information content (AvgIpc) is 3.15. The Kier molecular flexibility index (Phi) is 4.28. The number of carbonyl (C=O) groups excluding carboxylic acids is 1. The van der Waals surface area contributed by atoms with Gasteiger partial charge in [-0.15, -0.1) is 0 Å². The maximum atomic E-state index is 12.5. The number of nitrogens with one attached hydrogen (secondary N) is 1. The molecule has 2 aromatic rings. The number of H-pyrrole nitrogens is 1. The lowest BCUT2D eigenvalue weighted by molar-refractivity contribution is -0.771. The van der Waals surface area contributed by atoms with E-state index in [0.717, 1.165) is 10.9 Å². The summed E-state index contributed by atoms with van der Waals surface area (Å²) in [5.74, 6) is -1.30. The molecule has 2 heterocycles. The van der Waals surface area contributed by atoms with E-state index < -0.39 is 42.3 Å². The van der Waals surface area contributed by atoms with Crippen LogP contribution in [0.4, 0.5) is 0 Å². The molecule has 130 valence electrons. The van der Waals surface area contributed by atoms with E-state index in [1.54, 1.807) is 24.3 Å². The van der Waals surface area contributed by atoms with Crippen LogP contribution in [0.1, 0.15) is 22.3 Å². The molecule has 0 amide bonds. The predicted molar refractivity (Wildman–Crippen MR) is 80.1 cm³/mol. The minimum atomic E-state index is -2.24. The number of ketones is 1. The van der Waals surface area contributed by atoms with E-state index in [1.807, 2.05) is 0 Å². The number of ether oxygens (including phenoxy) is 1. The first-order chi connectivity index (χ1) is 11.9. The van der Waals surface area contributed by atoms with Crippen LogP contribution in [-0.2, 0) is 4.74 Å². The second-order valence-corrected chi connectivity index (χ2v) is 5.74. The fourth-order valence-corrected chi connectivity index (χ4v) is 2.79. The number of aromatic hydroxyl groups is 1.